The van der Waals surface area contributed by atoms with Crippen molar-refractivity contribution < 1.29 is 35.8 Å². The van der Waals surface area contributed by atoms with Gasteiger partial charge >= 0.3 is 12.4 Å². The second kappa shape index (κ2) is 12.1. The Hall–Kier alpha value is -1.28. The molecule has 1 unspecified atom stereocenters. The van der Waals surface area contributed by atoms with Crippen LogP contribution in [0.25, 0.3) is 0 Å². The van der Waals surface area contributed by atoms with Gasteiger partial charge in [-0.05, 0) is 49.9 Å². The molecule has 1 atom stereocenters. The van der Waals surface area contributed by atoms with E-state index in [1.54, 1.807) is 6.92 Å². The van der Waals surface area contributed by atoms with Crippen LogP contribution in [0.3, 0.4) is 0 Å². The van der Waals surface area contributed by atoms with Crippen LogP contribution in [0.2, 0.25) is 0 Å². The summed E-state index contributed by atoms with van der Waals surface area (Å²) in [5.74, 6) is -1.13. The Balaban J connectivity index is 2.97. The molecule has 0 fully saturated rings. The fraction of sp³-hybridized carbons (Fsp3) is 0.739. The van der Waals surface area contributed by atoms with E-state index in [2.05, 4.69) is 6.92 Å². The van der Waals surface area contributed by atoms with Crippen molar-refractivity contribution in [2.75, 3.05) is 14.2 Å². The first-order chi connectivity index (χ1) is 14.4. The molecule has 180 valence electrons. The number of alkyl halides is 6. The standard InChI is InChI=1S/C23H34F6O2/c1-5-6-7-8-9-10-11-18(21(2,30-3)31-4)13-12-17-14-19(22(24,25)26)16-20(15-17)23(27,28)29/h14-16,18H,5-13H2,1-4H3. The van der Waals surface area contributed by atoms with E-state index in [4.69, 9.17) is 9.47 Å². The molecule has 0 N–H and O–H groups in total. The molecule has 0 aromatic heterocycles. The summed E-state index contributed by atoms with van der Waals surface area (Å²) in [5, 5.41) is 0. The average Bonchev–Trinajstić information content (AvgIpc) is 2.70. The normalized spacial score (nSPS) is 14.1. The van der Waals surface area contributed by atoms with E-state index in [0.29, 0.717) is 6.42 Å². The number of ether oxygens (including phenoxy) is 2. The number of unbranched alkanes of at least 4 members (excludes halogenated alkanes) is 5. The van der Waals surface area contributed by atoms with Crippen molar-refractivity contribution in [2.45, 2.75) is 89.8 Å². The minimum Gasteiger partial charge on any atom is -0.353 e. The molecule has 0 aliphatic carbocycles. The van der Waals surface area contributed by atoms with Crippen LogP contribution >= 0.6 is 0 Å². The van der Waals surface area contributed by atoms with Crippen LogP contribution in [0, 0.1) is 5.92 Å². The molecular formula is C23H34F6O2. The van der Waals surface area contributed by atoms with Crippen molar-refractivity contribution in [3.05, 3.63) is 34.9 Å². The van der Waals surface area contributed by atoms with Gasteiger partial charge in [0.25, 0.3) is 0 Å². The number of rotatable bonds is 13. The van der Waals surface area contributed by atoms with Gasteiger partial charge in [0.15, 0.2) is 5.79 Å². The van der Waals surface area contributed by atoms with E-state index >= 15 is 0 Å². The summed E-state index contributed by atoms with van der Waals surface area (Å²) in [5.41, 5.74) is -2.57. The number of aryl methyl sites for hydroxylation is 1. The molecule has 1 rings (SSSR count). The Morgan fingerprint density at radius 1 is 0.742 bits per heavy atom. The van der Waals surface area contributed by atoms with Crippen LogP contribution in [0.5, 0.6) is 0 Å². The van der Waals surface area contributed by atoms with Gasteiger partial charge in [0.1, 0.15) is 0 Å². The van der Waals surface area contributed by atoms with Crippen LogP contribution in [-0.2, 0) is 28.2 Å². The highest BCUT2D eigenvalue weighted by molar-refractivity contribution is 5.33. The minimum atomic E-state index is -4.85. The first-order valence-corrected chi connectivity index (χ1v) is 10.8. The highest BCUT2D eigenvalue weighted by atomic mass is 19.4. The first kappa shape index (κ1) is 27.8. The maximum absolute atomic E-state index is 13.1. The third kappa shape index (κ3) is 9.00. The quantitative estimate of drug-likeness (QED) is 0.170. The lowest BCUT2D eigenvalue weighted by Crippen LogP contribution is -2.39. The Bertz CT molecular complexity index is 618. The van der Waals surface area contributed by atoms with Crippen LogP contribution in [0.1, 0.15) is 81.9 Å². The van der Waals surface area contributed by atoms with E-state index in [-0.39, 0.29) is 24.0 Å². The predicted molar refractivity (Wildman–Crippen MR) is 109 cm³/mol. The minimum absolute atomic E-state index is 0.00431. The van der Waals surface area contributed by atoms with Gasteiger partial charge in [0.05, 0.1) is 11.1 Å². The summed E-state index contributed by atoms with van der Waals surface area (Å²) in [7, 11) is 2.98. The fourth-order valence-electron chi connectivity index (χ4n) is 3.76. The summed E-state index contributed by atoms with van der Waals surface area (Å²) in [6, 6.07) is 1.76. The molecule has 0 bridgehead atoms. The van der Waals surface area contributed by atoms with Gasteiger partial charge in [0, 0.05) is 20.1 Å². The van der Waals surface area contributed by atoms with Crippen molar-refractivity contribution in [1.82, 2.24) is 0 Å². The monoisotopic (exact) mass is 456 g/mol. The molecule has 0 amide bonds. The first-order valence-electron chi connectivity index (χ1n) is 10.8. The SMILES string of the molecule is CCCCCCCCC(CCc1cc(C(F)(F)F)cc(C(F)(F)F)c1)C(C)(OC)OC. The molecule has 0 heterocycles. The fourth-order valence-corrected chi connectivity index (χ4v) is 3.76. The molecule has 0 radical (unpaired) electrons. The molecule has 0 aliphatic heterocycles. The third-order valence-electron chi connectivity index (χ3n) is 5.89. The molecule has 1 aromatic rings. The Labute approximate surface area is 181 Å². The topological polar surface area (TPSA) is 18.5 Å². The number of hydrogen-bond acceptors (Lipinski definition) is 2. The second-order valence-electron chi connectivity index (χ2n) is 8.13. The lowest BCUT2D eigenvalue weighted by atomic mass is 9.86. The van der Waals surface area contributed by atoms with E-state index in [1.807, 2.05) is 0 Å². The molecule has 0 saturated heterocycles. The van der Waals surface area contributed by atoms with Crippen molar-refractivity contribution in [2.24, 2.45) is 5.92 Å². The van der Waals surface area contributed by atoms with E-state index < -0.39 is 29.3 Å². The molecule has 0 spiro atoms. The number of halogens is 6. The molecule has 1 aromatic carbocycles. The molecule has 0 saturated carbocycles. The number of hydrogen-bond donors (Lipinski definition) is 0. The summed E-state index contributed by atoms with van der Waals surface area (Å²) in [6.45, 7) is 3.89. The van der Waals surface area contributed by atoms with E-state index in [9.17, 15) is 26.3 Å². The van der Waals surface area contributed by atoms with Gasteiger partial charge in [-0.3, -0.25) is 0 Å². The number of benzene rings is 1. The van der Waals surface area contributed by atoms with Crippen molar-refractivity contribution in [3.8, 4) is 0 Å². The van der Waals surface area contributed by atoms with Crippen LogP contribution in [-0.4, -0.2) is 20.0 Å². The van der Waals surface area contributed by atoms with Crippen molar-refractivity contribution >= 4 is 0 Å². The Morgan fingerprint density at radius 3 is 1.68 bits per heavy atom. The molecule has 8 heteroatoms. The van der Waals surface area contributed by atoms with Crippen LogP contribution in [0.4, 0.5) is 26.3 Å². The zero-order chi connectivity index (χ0) is 23.7. The van der Waals surface area contributed by atoms with Gasteiger partial charge < -0.3 is 9.47 Å². The predicted octanol–water partition coefficient (Wildman–Crippen LogP) is 8.03. The van der Waals surface area contributed by atoms with Crippen molar-refractivity contribution in [1.29, 1.82) is 0 Å². The number of methoxy groups -OCH3 is 2. The maximum Gasteiger partial charge on any atom is 0.416 e. The lowest BCUT2D eigenvalue weighted by Gasteiger charge is -2.35. The third-order valence-corrected chi connectivity index (χ3v) is 5.89. The average molecular weight is 457 g/mol. The lowest BCUT2D eigenvalue weighted by molar-refractivity contribution is -0.229. The van der Waals surface area contributed by atoms with Gasteiger partial charge in [-0.1, -0.05) is 45.4 Å². The van der Waals surface area contributed by atoms with Gasteiger partial charge in [-0.15, -0.1) is 0 Å². The van der Waals surface area contributed by atoms with Crippen LogP contribution < -0.4 is 0 Å². The van der Waals surface area contributed by atoms with Gasteiger partial charge in [-0.25, -0.2) is 0 Å². The van der Waals surface area contributed by atoms with E-state index in [1.165, 1.54) is 20.6 Å². The van der Waals surface area contributed by atoms with E-state index in [0.717, 1.165) is 50.7 Å². The molecule has 2 nitrogen and oxygen atoms in total. The maximum atomic E-state index is 13.1. The van der Waals surface area contributed by atoms with Crippen molar-refractivity contribution in [3.63, 3.8) is 0 Å². The summed E-state index contributed by atoms with van der Waals surface area (Å²) in [6.07, 6.45) is -2.08. The second-order valence-corrected chi connectivity index (χ2v) is 8.13. The smallest absolute Gasteiger partial charge is 0.353 e. The van der Waals surface area contributed by atoms with Crippen LogP contribution in [0.15, 0.2) is 18.2 Å². The largest absolute Gasteiger partial charge is 0.416 e. The zero-order valence-electron chi connectivity index (χ0n) is 18.8. The molecular weight excluding hydrogens is 422 g/mol. The van der Waals surface area contributed by atoms with Gasteiger partial charge in [-0.2, -0.15) is 26.3 Å². The van der Waals surface area contributed by atoms with Gasteiger partial charge in [0.2, 0.25) is 0 Å². The summed E-state index contributed by atoms with van der Waals surface area (Å²) >= 11 is 0. The zero-order valence-corrected chi connectivity index (χ0v) is 18.8. The molecule has 0 aliphatic rings. The summed E-state index contributed by atoms with van der Waals surface area (Å²) in [4.78, 5) is 0. The highest BCUT2D eigenvalue weighted by Crippen LogP contribution is 2.37. The Kier molecular flexibility index (Phi) is 10.8. The summed E-state index contributed by atoms with van der Waals surface area (Å²) < 4.78 is 89.7. The Morgan fingerprint density at radius 2 is 1.23 bits per heavy atom. The highest BCUT2D eigenvalue weighted by Gasteiger charge is 2.37. The molecule has 31 heavy (non-hydrogen) atoms.